The highest BCUT2D eigenvalue weighted by Crippen LogP contribution is 2.61. The molecule has 4 amide bonds. The number of hydrogen-bond donors (Lipinski definition) is 2. The third-order valence-corrected chi connectivity index (χ3v) is 12.9. The lowest BCUT2D eigenvalue weighted by atomic mass is 9.50. The lowest BCUT2D eigenvalue weighted by molar-refractivity contribution is -0.139. The molecule has 1 saturated carbocycles. The SMILES string of the molecule is COc1cc(C=C[C@H]2C3=CC[C@@H]4C(=O)N(c5ccc(N=Nc6ccc(N(C)C)cc6)cc5)C(=O)[C@@H]4[C@@H]3C[C@H]3C(=O)N(Nc4ccc(C)cc4)C(=O)[C@@]23c2ccccc2)ccc1O. The maximum absolute atomic E-state index is 15.3. The summed E-state index contributed by atoms with van der Waals surface area (Å²) in [6.45, 7) is 1.96. The van der Waals surface area contributed by atoms with Crippen LogP contribution in [0.4, 0.5) is 28.4 Å². The molecule has 0 aromatic heterocycles. The zero-order valence-electron chi connectivity index (χ0n) is 34.8. The summed E-state index contributed by atoms with van der Waals surface area (Å²) in [5.74, 6) is -4.70. The van der Waals surface area contributed by atoms with Gasteiger partial charge in [0.2, 0.25) is 11.8 Å². The molecule has 12 heteroatoms. The first kappa shape index (κ1) is 40.1. The number of nitrogens with zero attached hydrogens (tertiary/aromatic N) is 5. The molecule has 0 unspecified atom stereocenters. The number of carbonyl (C=O) groups excluding carboxylic acids is 4. The minimum absolute atomic E-state index is 0.0161. The molecule has 6 atom stereocenters. The molecule has 2 saturated heterocycles. The highest BCUT2D eigenvalue weighted by atomic mass is 16.5. The molecule has 2 heterocycles. The quantitative estimate of drug-likeness (QED) is 0.0807. The standard InChI is InChI=1S/C50H46N6O6/c1-30-10-14-35(15-11-30)53-56-47(59)42-29-40-38(41(26-12-31-13-27-43(57)44(28-31)62-4)50(42,49(56)61)32-8-6-5-7-9-32)24-25-39-45(40)48(60)55(46(39)58)37-22-18-34(19-23-37)52-51-33-16-20-36(21-17-33)54(2)3/h5-24,26-28,39-42,45,53,57H,25,29H2,1-4H3/t39-,40+,41-,42-,45-,50-/m0/s1. The summed E-state index contributed by atoms with van der Waals surface area (Å²) in [6, 6.07) is 36.4. The van der Waals surface area contributed by atoms with Gasteiger partial charge in [0.15, 0.2) is 11.5 Å². The van der Waals surface area contributed by atoms with Crippen molar-refractivity contribution in [1.29, 1.82) is 0 Å². The van der Waals surface area contributed by atoms with Gasteiger partial charge in [0, 0.05) is 25.7 Å². The highest BCUT2D eigenvalue weighted by Gasteiger charge is 2.69. The summed E-state index contributed by atoms with van der Waals surface area (Å²) in [6.07, 6.45) is 6.29. The number of azo groups is 1. The van der Waals surface area contributed by atoms with E-state index in [2.05, 4.69) is 15.7 Å². The van der Waals surface area contributed by atoms with Crippen LogP contribution < -0.4 is 20.0 Å². The molecule has 3 fully saturated rings. The highest BCUT2D eigenvalue weighted by molar-refractivity contribution is 6.22. The molecule has 312 valence electrons. The molecule has 0 bridgehead atoms. The van der Waals surface area contributed by atoms with Gasteiger partial charge in [-0.15, -0.1) is 0 Å². The molecule has 5 aromatic rings. The molecule has 12 nitrogen and oxygen atoms in total. The maximum Gasteiger partial charge on any atom is 0.260 e. The van der Waals surface area contributed by atoms with E-state index in [4.69, 9.17) is 4.74 Å². The van der Waals surface area contributed by atoms with Crippen LogP contribution in [0.1, 0.15) is 29.5 Å². The number of fused-ring (bicyclic) bond motifs is 4. The van der Waals surface area contributed by atoms with Crippen molar-refractivity contribution < 1.29 is 29.0 Å². The fraction of sp³-hybridized carbons (Fsp3) is 0.240. The van der Waals surface area contributed by atoms with Crippen LogP contribution >= 0.6 is 0 Å². The number of hydrazine groups is 1. The monoisotopic (exact) mass is 826 g/mol. The first-order valence-corrected chi connectivity index (χ1v) is 20.7. The number of nitrogens with one attached hydrogen (secondary N) is 1. The molecular formula is C50H46N6O6. The second kappa shape index (κ2) is 15.9. The largest absolute Gasteiger partial charge is 0.504 e. The molecule has 2 N–H and O–H groups in total. The fourth-order valence-corrected chi connectivity index (χ4v) is 9.85. The van der Waals surface area contributed by atoms with Crippen molar-refractivity contribution >= 4 is 58.1 Å². The fourth-order valence-electron chi connectivity index (χ4n) is 9.85. The minimum Gasteiger partial charge on any atom is -0.504 e. The maximum atomic E-state index is 15.3. The number of carbonyl (C=O) groups is 4. The van der Waals surface area contributed by atoms with Gasteiger partial charge in [-0.25, -0.2) is 0 Å². The molecule has 4 aliphatic rings. The van der Waals surface area contributed by atoms with Crippen LogP contribution in [0.5, 0.6) is 11.5 Å². The van der Waals surface area contributed by atoms with Crippen LogP contribution in [0.15, 0.2) is 149 Å². The number of rotatable bonds is 10. The van der Waals surface area contributed by atoms with E-state index in [0.717, 1.165) is 21.8 Å². The van der Waals surface area contributed by atoms with Gasteiger partial charge in [0.05, 0.1) is 53.0 Å². The van der Waals surface area contributed by atoms with E-state index < -0.39 is 46.8 Å². The van der Waals surface area contributed by atoms with Crippen LogP contribution in [-0.2, 0) is 24.6 Å². The number of ether oxygens (including phenoxy) is 1. The van der Waals surface area contributed by atoms with E-state index in [1.54, 1.807) is 36.4 Å². The molecule has 62 heavy (non-hydrogen) atoms. The Hall–Kier alpha value is -7.34. The van der Waals surface area contributed by atoms with Crippen molar-refractivity contribution in [2.75, 3.05) is 36.4 Å². The number of benzene rings is 5. The van der Waals surface area contributed by atoms with E-state index in [1.807, 2.05) is 123 Å². The third-order valence-electron chi connectivity index (χ3n) is 12.9. The second-order valence-corrected chi connectivity index (χ2v) is 16.6. The van der Waals surface area contributed by atoms with Gasteiger partial charge in [0.1, 0.15) is 0 Å². The predicted octanol–water partition coefficient (Wildman–Crippen LogP) is 8.93. The average Bonchev–Trinajstić information content (AvgIpc) is 3.67. The normalized spacial score (nSPS) is 24.3. The van der Waals surface area contributed by atoms with Gasteiger partial charge in [-0.3, -0.25) is 29.5 Å². The lowest BCUT2D eigenvalue weighted by Gasteiger charge is -2.49. The Bertz CT molecular complexity index is 2660. The van der Waals surface area contributed by atoms with Crippen molar-refractivity contribution in [3.8, 4) is 11.5 Å². The Balaban J connectivity index is 1.09. The summed E-state index contributed by atoms with van der Waals surface area (Å²) in [5.41, 5.74) is 8.28. The van der Waals surface area contributed by atoms with E-state index >= 15 is 4.79 Å². The number of phenolic OH excluding ortho intramolecular Hbond substituents is 1. The zero-order chi connectivity index (χ0) is 43.3. The zero-order valence-corrected chi connectivity index (χ0v) is 34.8. The van der Waals surface area contributed by atoms with Crippen molar-refractivity contribution in [1.82, 2.24) is 5.01 Å². The van der Waals surface area contributed by atoms with Crippen molar-refractivity contribution in [3.05, 3.63) is 156 Å². The Morgan fingerprint density at radius 3 is 2.15 bits per heavy atom. The molecule has 0 spiro atoms. The third kappa shape index (κ3) is 6.72. The lowest BCUT2D eigenvalue weighted by Crippen LogP contribution is -2.54. The summed E-state index contributed by atoms with van der Waals surface area (Å²) in [5, 5.41) is 20.2. The molecule has 9 rings (SSSR count). The van der Waals surface area contributed by atoms with E-state index in [1.165, 1.54) is 18.1 Å². The average molecular weight is 827 g/mol. The van der Waals surface area contributed by atoms with Gasteiger partial charge in [-0.1, -0.05) is 77.9 Å². The molecular weight excluding hydrogens is 781 g/mol. The van der Waals surface area contributed by atoms with E-state index in [0.29, 0.717) is 33.9 Å². The van der Waals surface area contributed by atoms with Crippen molar-refractivity contribution in [3.63, 3.8) is 0 Å². The van der Waals surface area contributed by atoms with Crippen molar-refractivity contribution in [2.24, 2.45) is 39.8 Å². The van der Waals surface area contributed by atoms with Crippen LogP contribution in [0.2, 0.25) is 0 Å². The van der Waals surface area contributed by atoms with Gasteiger partial charge in [-0.05, 0) is 110 Å². The second-order valence-electron chi connectivity index (χ2n) is 16.6. The van der Waals surface area contributed by atoms with E-state index in [9.17, 15) is 19.5 Å². The summed E-state index contributed by atoms with van der Waals surface area (Å²) < 4.78 is 5.40. The number of aryl methyl sites for hydroxylation is 1. The number of anilines is 3. The topological polar surface area (TPSA) is 144 Å². The number of aromatic hydroxyl groups is 1. The number of phenols is 1. The molecule has 5 aromatic carbocycles. The molecule has 2 aliphatic carbocycles. The van der Waals surface area contributed by atoms with Gasteiger partial charge in [-0.2, -0.15) is 15.2 Å². The smallest absolute Gasteiger partial charge is 0.260 e. The number of amides is 4. The number of methoxy groups -OCH3 is 1. The van der Waals surface area contributed by atoms with Gasteiger partial charge in [0.25, 0.3) is 11.8 Å². The van der Waals surface area contributed by atoms with Crippen LogP contribution in [0.25, 0.3) is 6.08 Å². The van der Waals surface area contributed by atoms with Crippen molar-refractivity contribution in [2.45, 2.75) is 25.2 Å². The van der Waals surface area contributed by atoms with Crippen LogP contribution in [0, 0.1) is 36.5 Å². The Morgan fingerprint density at radius 2 is 1.48 bits per heavy atom. The molecule has 0 radical (unpaired) electrons. The Kier molecular flexibility index (Phi) is 10.3. The Morgan fingerprint density at radius 1 is 0.806 bits per heavy atom. The van der Waals surface area contributed by atoms with E-state index in [-0.39, 0.29) is 36.2 Å². The van der Waals surface area contributed by atoms with Gasteiger partial charge < -0.3 is 14.7 Å². The molecule has 2 aliphatic heterocycles. The van der Waals surface area contributed by atoms with Gasteiger partial charge >= 0.3 is 0 Å². The summed E-state index contributed by atoms with van der Waals surface area (Å²) in [4.78, 5) is 62.7. The number of allylic oxidation sites excluding steroid dienone is 3. The first-order valence-electron chi connectivity index (χ1n) is 20.7. The number of hydrogen-bond acceptors (Lipinski definition) is 10. The first-order chi connectivity index (χ1) is 30.0. The minimum atomic E-state index is -1.40. The predicted molar refractivity (Wildman–Crippen MR) is 237 cm³/mol. The van der Waals surface area contributed by atoms with Crippen LogP contribution in [-0.4, -0.2) is 54.9 Å². The number of imide groups is 2. The Labute approximate surface area is 359 Å². The summed E-state index contributed by atoms with van der Waals surface area (Å²) in [7, 11) is 5.41. The summed E-state index contributed by atoms with van der Waals surface area (Å²) >= 11 is 0. The van der Waals surface area contributed by atoms with Crippen LogP contribution in [0.3, 0.4) is 0 Å².